The lowest BCUT2D eigenvalue weighted by atomic mass is 10.1. The van der Waals surface area contributed by atoms with Gasteiger partial charge in [0.1, 0.15) is 6.04 Å². The van der Waals surface area contributed by atoms with E-state index in [2.05, 4.69) is 21.3 Å². The number of carboxylic acid groups (broad SMARTS) is 2. The molecule has 1 atom stereocenters. The topological polar surface area (TPSA) is 192 Å². The largest absolute Gasteiger partial charge is 0.481 e. The van der Waals surface area contributed by atoms with Crippen molar-refractivity contribution in [1.29, 1.82) is 0 Å². The Labute approximate surface area is 237 Å². The van der Waals surface area contributed by atoms with E-state index in [9.17, 15) is 24.0 Å². The van der Waals surface area contributed by atoms with Crippen molar-refractivity contribution in [2.75, 3.05) is 53.1 Å². The molecule has 0 aromatic carbocycles. The van der Waals surface area contributed by atoms with Crippen LogP contribution < -0.4 is 21.3 Å². The van der Waals surface area contributed by atoms with Gasteiger partial charge in [-0.3, -0.25) is 24.0 Å². The maximum Gasteiger partial charge on any atom is 0.320 e. The van der Waals surface area contributed by atoms with E-state index in [0.29, 0.717) is 78.2 Å². The van der Waals surface area contributed by atoms with Crippen LogP contribution in [0.2, 0.25) is 0 Å². The molecule has 40 heavy (non-hydrogen) atoms. The molecule has 3 amide bonds. The van der Waals surface area contributed by atoms with Crippen LogP contribution in [0.4, 0.5) is 0 Å². The minimum absolute atomic E-state index is 0.00481. The van der Waals surface area contributed by atoms with E-state index < -0.39 is 18.0 Å². The second-order valence-corrected chi connectivity index (χ2v) is 9.46. The van der Waals surface area contributed by atoms with Gasteiger partial charge in [0.2, 0.25) is 17.7 Å². The highest BCUT2D eigenvalue weighted by Crippen LogP contribution is 2.08. The number of ether oxygens (including phenoxy) is 2. The van der Waals surface area contributed by atoms with Crippen molar-refractivity contribution in [1.82, 2.24) is 21.3 Å². The number of amides is 3. The quantitative estimate of drug-likeness (QED) is 0.0740. The zero-order valence-corrected chi connectivity index (χ0v) is 24.0. The van der Waals surface area contributed by atoms with Gasteiger partial charge in [-0.05, 0) is 39.2 Å². The highest BCUT2D eigenvalue weighted by atomic mass is 16.5. The minimum atomic E-state index is -0.891. The lowest BCUT2D eigenvalue weighted by Crippen LogP contribution is -2.34. The third-order valence-electron chi connectivity index (χ3n) is 6.02. The Hall–Kier alpha value is -2.77. The molecule has 0 fully saturated rings. The zero-order valence-electron chi connectivity index (χ0n) is 24.0. The summed E-state index contributed by atoms with van der Waals surface area (Å²) in [5.41, 5.74) is 0. The Morgan fingerprint density at radius 1 is 0.575 bits per heavy atom. The van der Waals surface area contributed by atoms with Crippen LogP contribution in [0.3, 0.4) is 0 Å². The van der Waals surface area contributed by atoms with E-state index >= 15 is 0 Å². The van der Waals surface area contributed by atoms with E-state index in [1.807, 2.05) is 0 Å². The smallest absolute Gasteiger partial charge is 0.320 e. The van der Waals surface area contributed by atoms with Gasteiger partial charge < -0.3 is 41.0 Å². The standard InChI is InChI=1S/C27H50N4O9/c1-28-22(27(37)38)10-8-9-15-29-24(33)13-14-25(34)31-17-19-40-21-20-39-18-16-30-23(32)11-6-4-2-3-5-7-12-26(35)36/h22,28H,2-21H2,1H3,(H,29,33)(H,30,32)(H,31,34)(H,35,36)(H,37,38)/t22-/m0/s1. The number of carbonyl (C=O) groups excluding carboxylic acids is 3. The van der Waals surface area contributed by atoms with Crippen LogP contribution in [-0.4, -0.2) is 99.0 Å². The molecule has 0 heterocycles. The number of hydrogen-bond acceptors (Lipinski definition) is 8. The molecule has 0 rings (SSSR count). The first-order valence-electron chi connectivity index (χ1n) is 14.3. The highest BCUT2D eigenvalue weighted by molar-refractivity contribution is 5.83. The number of aliphatic carboxylic acids is 2. The summed E-state index contributed by atoms with van der Waals surface area (Å²) < 4.78 is 10.8. The molecule has 0 aromatic rings. The van der Waals surface area contributed by atoms with Gasteiger partial charge in [-0.2, -0.15) is 0 Å². The first-order valence-corrected chi connectivity index (χ1v) is 14.3. The van der Waals surface area contributed by atoms with Crippen LogP contribution in [0, 0.1) is 0 Å². The summed E-state index contributed by atoms with van der Waals surface area (Å²) in [5.74, 6) is -2.10. The van der Waals surface area contributed by atoms with Crippen LogP contribution in [0.5, 0.6) is 0 Å². The molecule has 0 saturated heterocycles. The number of unbranched alkanes of at least 4 members (excludes halogenated alkanes) is 6. The molecule has 13 nitrogen and oxygen atoms in total. The predicted octanol–water partition coefficient (Wildman–Crippen LogP) is 1.20. The summed E-state index contributed by atoms with van der Waals surface area (Å²) in [7, 11) is 1.60. The third-order valence-corrected chi connectivity index (χ3v) is 6.02. The number of hydrogen-bond donors (Lipinski definition) is 6. The summed E-state index contributed by atoms with van der Waals surface area (Å²) in [5, 5.41) is 28.5. The van der Waals surface area contributed by atoms with E-state index in [-0.39, 0.29) is 37.0 Å². The Morgan fingerprint density at radius 3 is 1.55 bits per heavy atom. The first-order chi connectivity index (χ1) is 19.3. The van der Waals surface area contributed by atoms with Crippen molar-refractivity contribution in [3.63, 3.8) is 0 Å². The van der Waals surface area contributed by atoms with Crippen LogP contribution >= 0.6 is 0 Å². The van der Waals surface area contributed by atoms with Crippen LogP contribution in [0.15, 0.2) is 0 Å². The summed E-state index contributed by atoms with van der Waals surface area (Å²) in [4.78, 5) is 56.8. The van der Waals surface area contributed by atoms with Gasteiger partial charge in [0.05, 0.1) is 26.4 Å². The minimum Gasteiger partial charge on any atom is -0.481 e. The Kier molecular flexibility index (Phi) is 24.6. The molecule has 0 aromatic heterocycles. The predicted molar refractivity (Wildman–Crippen MR) is 149 cm³/mol. The third kappa shape index (κ3) is 25.5. The molecular formula is C27H50N4O9. The molecule has 13 heteroatoms. The molecular weight excluding hydrogens is 524 g/mol. The summed E-state index contributed by atoms with van der Waals surface area (Å²) in [6.07, 6.45) is 8.08. The molecule has 0 saturated carbocycles. The number of carboxylic acids is 2. The molecule has 0 unspecified atom stereocenters. The van der Waals surface area contributed by atoms with Gasteiger partial charge in [0, 0.05) is 45.3 Å². The molecule has 232 valence electrons. The summed E-state index contributed by atoms with van der Waals surface area (Å²) >= 11 is 0. The lowest BCUT2D eigenvalue weighted by molar-refractivity contribution is -0.139. The molecule has 0 spiro atoms. The van der Waals surface area contributed by atoms with Gasteiger partial charge in [-0.25, -0.2) is 0 Å². The fourth-order valence-corrected chi connectivity index (χ4v) is 3.70. The van der Waals surface area contributed by atoms with Gasteiger partial charge in [-0.15, -0.1) is 0 Å². The SMILES string of the molecule is CN[C@@H](CCCCNC(=O)CCC(=O)NCCOCCOCCNC(=O)CCCCCCCCC(=O)O)C(=O)O. The van der Waals surface area contributed by atoms with Crippen molar-refractivity contribution in [2.24, 2.45) is 0 Å². The number of rotatable bonds is 28. The monoisotopic (exact) mass is 574 g/mol. The Bertz CT molecular complexity index is 722. The molecule has 0 aliphatic carbocycles. The van der Waals surface area contributed by atoms with Gasteiger partial charge >= 0.3 is 11.9 Å². The summed E-state index contributed by atoms with van der Waals surface area (Å²) in [6, 6.07) is -0.585. The second-order valence-electron chi connectivity index (χ2n) is 9.46. The Balaban J connectivity index is 3.44. The normalized spacial score (nSPS) is 11.5. The van der Waals surface area contributed by atoms with Crippen molar-refractivity contribution >= 4 is 29.7 Å². The molecule has 0 aliphatic rings. The van der Waals surface area contributed by atoms with Crippen LogP contribution in [-0.2, 0) is 33.4 Å². The average Bonchev–Trinajstić information content (AvgIpc) is 2.91. The second kappa shape index (κ2) is 26.5. The van der Waals surface area contributed by atoms with Crippen molar-refractivity contribution in [3.8, 4) is 0 Å². The highest BCUT2D eigenvalue weighted by Gasteiger charge is 2.13. The lowest BCUT2D eigenvalue weighted by Gasteiger charge is -2.11. The van der Waals surface area contributed by atoms with Crippen LogP contribution in [0.1, 0.15) is 83.5 Å². The fourth-order valence-electron chi connectivity index (χ4n) is 3.70. The van der Waals surface area contributed by atoms with E-state index in [1.54, 1.807) is 7.05 Å². The van der Waals surface area contributed by atoms with Gasteiger partial charge in [0.25, 0.3) is 0 Å². The maximum atomic E-state index is 11.8. The van der Waals surface area contributed by atoms with Crippen LogP contribution in [0.25, 0.3) is 0 Å². The Morgan fingerprint density at radius 2 is 1.05 bits per heavy atom. The summed E-state index contributed by atoms with van der Waals surface area (Å²) in [6.45, 7) is 2.64. The number of carbonyl (C=O) groups is 5. The number of likely N-dealkylation sites (N-methyl/N-ethyl adjacent to an activating group) is 1. The molecule has 0 aliphatic heterocycles. The van der Waals surface area contributed by atoms with E-state index in [0.717, 1.165) is 32.1 Å². The molecule has 6 N–H and O–H groups in total. The zero-order chi connectivity index (χ0) is 29.8. The van der Waals surface area contributed by atoms with Crippen molar-refractivity contribution in [2.45, 2.75) is 89.5 Å². The average molecular weight is 575 g/mol. The van der Waals surface area contributed by atoms with Crippen molar-refractivity contribution < 1.29 is 43.7 Å². The molecule has 0 radical (unpaired) electrons. The number of nitrogens with one attached hydrogen (secondary N) is 4. The fraction of sp³-hybridized carbons (Fsp3) is 0.815. The van der Waals surface area contributed by atoms with E-state index in [1.165, 1.54) is 0 Å². The maximum absolute atomic E-state index is 11.8. The molecule has 0 bridgehead atoms. The van der Waals surface area contributed by atoms with Crippen molar-refractivity contribution in [3.05, 3.63) is 0 Å². The first kappa shape index (κ1) is 37.2. The van der Waals surface area contributed by atoms with Gasteiger partial charge in [-0.1, -0.05) is 25.7 Å². The van der Waals surface area contributed by atoms with E-state index in [4.69, 9.17) is 19.7 Å². The van der Waals surface area contributed by atoms with Gasteiger partial charge in [0.15, 0.2) is 0 Å².